The number of ether oxygens (including phenoxy) is 1. The first-order valence-corrected chi connectivity index (χ1v) is 15.1. The highest BCUT2D eigenvalue weighted by molar-refractivity contribution is 7.92. The van der Waals surface area contributed by atoms with Crippen molar-refractivity contribution in [3.8, 4) is 5.75 Å². The third kappa shape index (κ3) is 7.14. The van der Waals surface area contributed by atoms with Crippen molar-refractivity contribution in [2.24, 2.45) is 0 Å². The first-order chi connectivity index (χ1) is 19.2. The van der Waals surface area contributed by atoms with Gasteiger partial charge in [0, 0.05) is 17.6 Å². The van der Waals surface area contributed by atoms with Gasteiger partial charge < -0.3 is 15.0 Å². The van der Waals surface area contributed by atoms with E-state index in [0.29, 0.717) is 16.5 Å². The molecule has 1 aliphatic rings. The Morgan fingerprint density at radius 3 is 2.20 bits per heavy atom. The zero-order valence-electron chi connectivity index (χ0n) is 22.6. The third-order valence-corrected chi connectivity index (χ3v) is 9.15. The van der Waals surface area contributed by atoms with Gasteiger partial charge in [0.05, 0.1) is 17.7 Å². The molecule has 0 bridgehead atoms. The van der Waals surface area contributed by atoms with Crippen molar-refractivity contribution < 1.29 is 22.7 Å². The Morgan fingerprint density at radius 1 is 0.975 bits per heavy atom. The first-order valence-electron chi connectivity index (χ1n) is 13.2. The summed E-state index contributed by atoms with van der Waals surface area (Å²) in [6.45, 7) is 1.30. The molecular formula is C30H34ClN3O5S. The highest BCUT2D eigenvalue weighted by Crippen LogP contribution is 2.26. The summed E-state index contributed by atoms with van der Waals surface area (Å²) in [5.41, 5.74) is 1.11. The fourth-order valence-corrected chi connectivity index (χ4v) is 6.30. The molecule has 0 spiro atoms. The predicted molar refractivity (Wildman–Crippen MR) is 156 cm³/mol. The molecular weight excluding hydrogens is 550 g/mol. The van der Waals surface area contributed by atoms with Gasteiger partial charge in [-0.25, -0.2) is 8.42 Å². The molecule has 1 saturated carbocycles. The van der Waals surface area contributed by atoms with Crippen LogP contribution >= 0.6 is 11.6 Å². The number of halogens is 1. The van der Waals surface area contributed by atoms with E-state index in [4.69, 9.17) is 16.3 Å². The molecule has 2 amide bonds. The Hall–Kier alpha value is -3.56. The van der Waals surface area contributed by atoms with E-state index < -0.39 is 28.5 Å². The number of amides is 2. The fraction of sp³-hybridized carbons (Fsp3) is 0.333. The van der Waals surface area contributed by atoms with Crippen molar-refractivity contribution in [3.63, 3.8) is 0 Å². The molecule has 1 aliphatic carbocycles. The number of methoxy groups -OCH3 is 1. The van der Waals surface area contributed by atoms with Crippen LogP contribution in [-0.4, -0.2) is 50.9 Å². The highest BCUT2D eigenvalue weighted by atomic mass is 35.5. The summed E-state index contributed by atoms with van der Waals surface area (Å²) < 4.78 is 33.9. The normalized spacial score (nSPS) is 14.4. The van der Waals surface area contributed by atoms with E-state index in [1.54, 1.807) is 56.5 Å². The standard InChI is InChI=1S/C30H34ClN3O5S/c1-22(30(36)32-25-8-6-7-9-25)33(20-23-12-16-27(39-2)17-13-23)29(35)21-34(26-10-4-3-5-11-26)40(37,38)28-18-14-24(31)15-19-28/h3-5,10-19,22,25H,6-9,20-21H2,1-2H3,(H,32,36)/t22-/m0/s1. The maximum atomic E-state index is 14.0. The minimum atomic E-state index is -4.14. The van der Waals surface area contributed by atoms with Gasteiger partial charge in [-0.1, -0.05) is 54.8 Å². The molecule has 0 radical (unpaired) electrons. The van der Waals surface area contributed by atoms with Crippen molar-refractivity contribution >= 4 is 39.1 Å². The number of carbonyl (C=O) groups is 2. The summed E-state index contributed by atoms with van der Waals surface area (Å²) in [6, 6.07) is 20.7. The van der Waals surface area contributed by atoms with E-state index in [1.165, 1.54) is 29.2 Å². The molecule has 3 aromatic rings. The summed E-state index contributed by atoms with van der Waals surface area (Å²) in [5, 5.41) is 3.46. The van der Waals surface area contributed by atoms with Crippen molar-refractivity contribution in [2.75, 3.05) is 18.0 Å². The molecule has 3 aromatic carbocycles. The van der Waals surface area contributed by atoms with Crippen LogP contribution in [0.25, 0.3) is 0 Å². The molecule has 212 valence electrons. The largest absolute Gasteiger partial charge is 0.497 e. The summed E-state index contributed by atoms with van der Waals surface area (Å²) >= 11 is 5.99. The second-order valence-electron chi connectivity index (χ2n) is 9.84. The van der Waals surface area contributed by atoms with Crippen molar-refractivity contribution in [1.29, 1.82) is 0 Å². The quantitative estimate of drug-likeness (QED) is 0.342. The maximum Gasteiger partial charge on any atom is 0.264 e. The van der Waals surface area contributed by atoms with Gasteiger partial charge in [0.1, 0.15) is 18.3 Å². The number of sulfonamides is 1. The number of carbonyl (C=O) groups excluding carboxylic acids is 2. The van der Waals surface area contributed by atoms with Crippen LogP contribution in [0.5, 0.6) is 5.75 Å². The van der Waals surface area contributed by atoms with Crippen LogP contribution in [0.3, 0.4) is 0 Å². The molecule has 0 saturated heterocycles. The third-order valence-electron chi connectivity index (χ3n) is 7.11. The number of rotatable bonds is 11. The number of nitrogens with zero attached hydrogens (tertiary/aromatic N) is 2. The monoisotopic (exact) mass is 583 g/mol. The van der Waals surface area contributed by atoms with Crippen molar-refractivity contribution in [3.05, 3.63) is 89.4 Å². The van der Waals surface area contributed by atoms with E-state index >= 15 is 0 Å². The lowest BCUT2D eigenvalue weighted by atomic mass is 10.1. The molecule has 4 rings (SSSR count). The van der Waals surface area contributed by atoms with E-state index in [0.717, 1.165) is 35.6 Å². The molecule has 0 heterocycles. The second-order valence-corrected chi connectivity index (χ2v) is 12.1. The van der Waals surface area contributed by atoms with Gasteiger partial charge in [0.2, 0.25) is 11.8 Å². The Bertz CT molecular complexity index is 1390. The zero-order valence-corrected chi connectivity index (χ0v) is 24.2. The van der Waals surface area contributed by atoms with Crippen LogP contribution < -0.4 is 14.4 Å². The summed E-state index contributed by atoms with van der Waals surface area (Å²) in [7, 11) is -2.57. The lowest BCUT2D eigenvalue weighted by molar-refractivity contribution is -0.139. The number of para-hydroxylation sites is 1. The average Bonchev–Trinajstić information content (AvgIpc) is 3.48. The van der Waals surface area contributed by atoms with Crippen LogP contribution in [0.15, 0.2) is 83.8 Å². The molecule has 10 heteroatoms. The molecule has 0 unspecified atom stereocenters. The molecule has 1 atom stereocenters. The fourth-order valence-electron chi connectivity index (χ4n) is 4.76. The van der Waals surface area contributed by atoms with Crippen LogP contribution in [0, 0.1) is 0 Å². The van der Waals surface area contributed by atoms with Crippen LogP contribution in [-0.2, 0) is 26.2 Å². The SMILES string of the molecule is COc1ccc(CN(C(=O)CN(c2ccccc2)S(=O)(=O)c2ccc(Cl)cc2)[C@@H](C)C(=O)NC2CCCC2)cc1. The van der Waals surface area contributed by atoms with Gasteiger partial charge in [-0.05, 0) is 73.9 Å². The summed E-state index contributed by atoms with van der Waals surface area (Å²) in [6.07, 6.45) is 3.93. The molecule has 1 fully saturated rings. The van der Waals surface area contributed by atoms with Crippen LogP contribution in [0.4, 0.5) is 5.69 Å². The Labute approximate surface area is 240 Å². The van der Waals surface area contributed by atoms with E-state index in [9.17, 15) is 18.0 Å². The van der Waals surface area contributed by atoms with E-state index in [2.05, 4.69) is 5.32 Å². The van der Waals surface area contributed by atoms with Gasteiger partial charge in [-0.3, -0.25) is 13.9 Å². The zero-order chi connectivity index (χ0) is 28.7. The molecule has 1 N–H and O–H groups in total. The van der Waals surface area contributed by atoms with Crippen molar-refractivity contribution in [1.82, 2.24) is 10.2 Å². The minimum absolute atomic E-state index is 0.00211. The maximum absolute atomic E-state index is 14.0. The molecule has 0 aromatic heterocycles. The predicted octanol–water partition coefficient (Wildman–Crippen LogP) is 5.02. The Morgan fingerprint density at radius 2 is 1.60 bits per heavy atom. The van der Waals surface area contributed by atoms with E-state index in [1.807, 2.05) is 12.1 Å². The molecule has 40 heavy (non-hydrogen) atoms. The van der Waals surface area contributed by atoms with Crippen molar-refractivity contribution in [2.45, 2.75) is 56.1 Å². The lowest BCUT2D eigenvalue weighted by Gasteiger charge is -2.32. The molecule has 8 nitrogen and oxygen atoms in total. The van der Waals surface area contributed by atoms with Crippen LogP contribution in [0.1, 0.15) is 38.2 Å². The number of nitrogens with one attached hydrogen (secondary N) is 1. The smallest absolute Gasteiger partial charge is 0.264 e. The average molecular weight is 584 g/mol. The van der Waals surface area contributed by atoms with Gasteiger partial charge in [0.15, 0.2) is 0 Å². The second kappa shape index (κ2) is 13.2. The number of benzene rings is 3. The summed E-state index contributed by atoms with van der Waals surface area (Å²) in [4.78, 5) is 28.7. The lowest BCUT2D eigenvalue weighted by Crippen LogP contribution is -2.52. The van der Waals surface area contributed by atoms with Crippen LogP contribution in [0.2, 0.25) is 5.02 Å². The minimum Gasteiger partial charge on any atom is -0.497 e. The van der Waals surface area contributed by atoms with Gasteiger partial charge in [-0.15, -0.1) is 0 Å². The van der Waals surface area contributed by atoms with Gasteiger partial charge in [-0.2, -0.15) is 0 Å². The number of hydrogen-bond donors (Lipinski definition) is 1. The first kappa shape index (κ1) is 29.4. The van der Waals surface area contributed by atoms with E-state index in [-0.39, 0.29) is 23.4 Å². The topological polar surface area (TPSA) is 96.0 Å². The highest BCUT2D eigenvalue weighted by Gasteiger charge is 2.33. The Balaban J connectivity index is 1.66. The van der Waals surface area contributed by atoms with Gasteiger partial charge >= 0.3 is 0 Å². The summed E-state index contributed by atoms with van der Waals surface area (Å²) in [5.74, 6) is -0.107. The van der Waals surface area contributed by atoms with Gasteiger partial charge in [0.25, 0.3) is 10.0 Å². The number of hydrogen-bond acceptors (Lipinski definition) is 5. The Kier molecular flexibility index (Phi) is 9.71. The molecule has 0 aliphatic heterocycles. The number of anilines is 1.